The summed E-state index contributed by atoms with van der Waals surface area (Å²) in [6.07, 6.45) is 2.02. The van der Waals surface area contributed by atoms with Crippen LogP contribution >= 0.6 is 0 Å². The van der Waals surface area contributed by atoms with Crippen molar-refractivity contribution in [3.05, 3.63) is 23.3 Å². The average molecular weight is 250 g/mol. The van der Waals surface area contributed by atoms with Gasteiger partial charge in [-0.1, -0.05) is 47.6 Å². The van der Waals surface area contributed by atoms with E-state index < -0.39 is 0 Å². The van der Waals surface area contributed by atoms with Gasteiger partial charge in [0.1, 0.15) is 0 Å². The molecule has 0 aliphatic carbocycles. The zero-order chi connectivity index (χ0) is 14.1. The van der Waals surface area contributed by atoms with Gasteiger partial charge in [0.05, 0.1) is 0 Å². The fourth-order valence-corrected chi connectivity index (χ4v) is 2.47. The highest BCUT2D eigenvalue weighted by atomic mass is 16.3. The van der Waals surface area contributed by atoms with E-state index in [-0.39, 0.29) is 22.3 Å². The summed E-state index contributed by atoms with van der Waals surface area (Å²) in [7, 11) is 0. The molecule has 0 radical (unpaired) electrons. The van der Waals surface area contributed by atoms with E-state index in [1.54, 1.807) is 6.07 Å². The van der Waals surface area contributed by atoms with Gasteiger partial charge in [-0.25, -0.2) is 0 Å². The van der Waals surface area contributed by atoms with Gasteiger partial charge in [-0.15, -0.1) is 0 Å². The van der Waals surface area contributed by atoms with Crippen molar-refractivity contribution < 1.29 is 10.2 Å². The Morgan fingerprint density at radius 1 is 0.944 bits per heavy atom. The fraction of sp³-hybridized carbons (Fsp3) is 0.625. The Bertz CT molecular complexity index is 423. The Labute approximate surface area is 111 Å². The van der Waals surface area contributed by atoms with Crippen LogP contribution in [0.5, 0.6) is 11.5 Å². The first-order chi connectivity index (χ1) is 8.17. The van der Waals surface area contributed by atoms with Crippen molar-refractivity contribution in [2.75, 3.05) is 0 Å². The molecule has 1 rings (SSSR count). The lowest BCUT2D eigenvalue weighted by Crippen LogP contribution is -2.26. The molecule has 18 heavy (non-hydrogen) atoms. The van der Waals surface area contributed by atoms with Gasteiger partial charge in [-0.05, 0) is 35.3 Å². The maximum atomic E-state index is 10.2. The smallest absolute Gasteiger partial charge is 0.161 e. The summed E-state index contributed by atoms with van der Waals surface area (Å²) >= 11 is 0. The molecule has 102 valence electrons. The number of hydrogen-bond acceptors (Lipinski definition) is 2. The number of rotatable bonds is 3. The molecule has 2 N–H and O–H groups in total. The van der Waals surface area contributed by atoms with Crippen LogP contribution in [-0.2, 0) is 10.8 Å². The van der Waals surface area contributed by atoms with Crippen LogP contribution in [-0.4, -0.2) is 10.2 Å². The van der Waals surface area contributed by atoms with Gasteiger partial charge in [0.2, 0.25) is 0 Å². The molecule has 0 spiro atoms. The zero-order valence-electron chi connectivity index (χ0n) is 12.5. The minimum atomic E-state index is -0.191. The van der Waals surface area contributed by atoms with Crippen LogP contribution in [0.25, 0.3) is 0 Å². The molecule has 0 aromatic heterocycles. The van der Waals surface area contributed by atoms with Crippen molar-refractivity contribution in [3.8, 4) is 11.5 Å². The lowest BCUT2D eigenvalue weighted by Gasteiger charge is -2.34. The molecule has 1 aromatic rings. The Morgan fingerprint density at radius 2 is 1.44 bits per heavy atom. The molecule has 2 heteroatoms. The molecule has 0 fully saturated rings. The number of hydrogen-bond donors (Lipinski definition) is 2. The summed E-state index contributed by atoms with van der Waals surface area (Å²) in [5.74, 6) is 0.00589. The third kappa shape index (κ3) is 2.47. The number of benzene rings is 1. The van der Waals surface area contributed by atoms with E-state index in [0.717, 1.165) is 24.0 Å². The minimum absolute atomic E-state index is 0.0294. The second-order valence-electron chi connectivity index (χ2n) is 6.37. The summed E-state index contributed by atoms with van der Waals surface area (Å²) in [4.78, 5) is 0. The van der Waals surface area contributed by atoms with E-state index in [1.807, 2.05) is 6.07 Å². The van der Waals surface area contributed by atoms with Gasteiger partial charge in [-0.3, -0.25) is 0 Å². The van der Waals surface area contributed by atoms with Gasteiger partial charge in [-0.2, -0.15) is 0 Å². The maximum Gasteiger partial charge on any atom is 0.161 e. The number of aromatic hydroxyl groups is 2. The van der Waals surface area contributed by atoms with Crippen molar-refractivity contribution in [1.82, 2.24) is 0 Å². The Morgan fingerprint density at radius 3 is 1.83 bits per heavy atom. The molecular weight excluding hydrogens is 224 g/mol. The summed E-state index contributed by atoms with van der Waals surface area (Å²) < 4.78 is 0. The standard InChI is InChI=1S/C16H26O2/c1-7-16(6,8-2)11-9-10-12(17)14(18)13(11)15(3,4)5/h9-10,17-18H,7-8H2,1-6H3. The molecule has 0 saturated carbocycles. The lowest BCUT2D eigenvalue weighted by atomic mass is 9.70. The Hall–Kier alpha value is -1.18. The molecule has 0 bridgehead atoms. The highest BCUT2D eigenvalue weighted by Crippen LogP contribution is 2.45. The first-order valence-corrected chi connectivity index (χ1v) is 6.73. The molecule has 0 aliphatic rings. The third-order valence-electron chi connectivity index (χ3n) is 4.12. The van der Waals surface area contributed by atoms with E-state index in [9.17, 15) is 10.2 Å². The van der Waals surface area contributed by atoms with Crippen LogP contribution in [0.2, 0.25) is 0 Å². The summed E-state index contributed by atoms with van der Waals surface area (Å²) in [5, 5.41) is 20.0. The van der Waals surface area contributed by atoms with Gasteiger partial charge in [0.25, 0.3) is 0 Å². The van der Waals surface area contributed by atoms with Crippen molar-refractivity contribution in [2.24, 2.45) is 0 Å². The zero-order valence-corrected chi connectivity index (χ0v) is 12.5. The molecule has 2 nitrogen and oxygen atoms in total. The van der Waals surface area contributed by atoms with Crippen molar-refractivity contribution >= 4 is 0 Å². The van der Waals surface area contributed by atoms with E-state index in [1.165, 1.54) is 0 Å². The van der Waals surface area contributed by atoms with Crippen LogP contribution in [0.4, 0.5) is 0 Å². The van der Waals surface area contributed by atoms with Crippen molar-refractivity contribution in [2.45, 2.75) is 65.2 Å². The third-order valence-corrected chi connectivity index (χ3v) is 4.12. The van der Waals surface area contributed by atoms with Crippen LogP contribution in [0, 0.1) is 0 Å². The Balaban J connectivity index is 3.60. The van der Waals surface area contributed by atoms with E-state index in [0.29, 0.717) is 0 Å². The van der Waals surface area contributed by atoms with Gasteiger partial charge in [0.15, 0.2) is 11.5 Å². The van der Waals surface area contributed by atoms with Crippen LogP contribution in [0.1, 0.15) is 65.5 Å². The first-order valence-electron chi connectivity index (χ1n) is 6.73. The highest BCUT2D eigenvalue weighted by Gasteiger charge is 2.32. The van der Waals surface area contributed by atoms with E-state index in [4.69, 9.17) is 0 Å². The van der Waals surface area contributed by atoms with Gasteiger partial charge in [0, 0.05) is 5.56 Å². The number of phenolic OH excluding ortho intramolecular Hbond substituents is 2. The normalized spacial score (nSPS) is 12.8. The molecule has 0 amide bonds. The largest absolute Gasteiger partial charge is 0.504 e. The summed E-state index contributed by atoms with van der Waals surface area (Å²) in [6.45, 7) is 12.7. The highest BCUT2D eigenvalue weighted by molar-refractivity contribution is 5.54. The van der Waals surface area contributed by atoms with Gasteiger partial charge >= 0.3 is 0 Å². The second kappa shape index (κ2) is 4.83. The van der Waals surface area contributed by atoms with Gasteiger partial charge < -0.3 is 10.2 Å². The summed E-state index contributed by atoms with van der Waals surface area (Å²) in [5.41, 5.74) is 1.86. The van der Waals surface area contributed by atoms with Crippen LogP contribution < -0.4 is 0 Å². The monoisotopic (exact) mass is 250 g/mol. The molecule has 0 atom stereocenters. The van der Waals surface area contributed by atoms with Crippen molar-refractivity contribution in [1.29, 1.82) is 0 Å². The molecule has 1 aromatic carbocycles. The van der Waals surface area contributed by atoms with Crippen LogP contribution in [0.3, 0.4) is 0 Å². The van der Waals surface area contributed by atoms with Crippen molar-refractivity contribution in [3.63, 3.8) is 0 Å². The summed E-state index contributed by atoms with van der Waals surface area (Å²) in [6, 6.07) is 3.56. The Kier molecular flexibility index (Phi) is 3.99. The molecule has 0 unspecified atom stereocenters. The first kappa shape index (κ1) is 14.9. The van der Waals surface area contributed by atoms with E-state index in [2.05, 4.69) is 41.5 Å². The fourth-order valence-electron chi connectivity index (χ4n) is 2.47. The quantitative estimate of drug-likeness (QED) is 0.777. The number of phenols is 2. The van der Waals surface area contributed by atoms with Crippen LogP contribution in [0.15, 0.2) is 12.1 Å². The minimum Gasteiger partial charge on any atom is -0.504 e. The molecule has 0 heterocycles. The maximum absolute atomic E-state index is 10.2. The molecule has 0 aliphatic heterocycles. The predicted molar refractivity (Wildman–Crippen MR) is 76.4 cm³/mol. The molecular formula is C16H26O2. The average Bonchev–Trinajstić information content (AvgIpc) is 2.29. The molecule has 0 saturated heterocycles. The SMILES string of the molecule is CCC(C)(CC)c1ccc(O)c(O)c1C(C)(C)C. The van der Waals surface area contributed by atoms with E-state index >= 15 is 0 Å². The second-order valence-corrected chi connectivity index (χ2v) is 6.37. The topological polar surface area (TPSA) is 40.5 Å². The predicted octanol–water partition coefficient (Wildman–Crippen LogP) is 4.47. The lowest BCUT2D eigenvalue weighted by molar-refractivity contribution is 0.373.